The molecule has 0 aliphatic heterocycles. The first-order valence-corrected chi connectivity index (χ1v) is 10.2. The van der Waals surface area contributed by atoms with E-state index in [-0.39, 0.29) is 39.9 Å². The lowest BCUT2D eigenvalue weighted by molar-refractivity contribution is -0.141. The number of rotatable bonds is 4. The summed E-state index contributed by atoms with van der Waals surface area (Å²) in [5, 5.41) is 16.3. The van der Waals surface area contributed by atoms with Crippen molar-refractivity contribution in [2.24, 2.45) is 0 Å². The van der Waals surface area contributed by atoms with Crippen LogP contribution in [0.3, 0.4) is 0 Å². The van der Waals surface area contributed by atoms with Crippen molar-refractivity contribution in [2.75, 3.05) is 5.32 Å². The minimum absolute atomic E-state index is 0. The van der Waals surface area contributed by atoms with Gasteiger partial charge in [0.15, 0.2) is 5.69 Å². The molecule has 0 saturated carbocycles. The molecular formula is C23H16Cl2F3N3O2. The Morgan fingerprint density at radius 2 is 1.67 bits per heavy atom. The normalized spacial score (nSPS) is 11.4. The molecule has 0 saturated heterocycles. The van der Waals surface area contributed by atoms with Gasteiger partial charge in [0.1, 0.15) is 5.75 Å². The molecule has 4 aromatic rings. The van der Waals surface area contributed by atoms with Crippen molar-refractivity contribution in [1.82, 2.24) is 9.78 Å². The van der Waals surface area contributed by atoms with Gasteiger partial charge in [-0.1, -0.05) is 47.5 Å². The number of amides is 1. The van der Waals surface area contributed by atoms with Crippen LogP contribution in [0.15, 0.2) is 72.8 Å². The average Bonchev–Trinajstić information content (AvgIpc) is 3.22. The third kappa shape index (κ3) is 4.81. The number of para-hydroxylation sites is 1. The van der Waals surface area contributed by atoms with Crippen LogP contribution in [0.1, 0.15) is 17.5 Å². The first-order chi connectivity index (χ1) is 15.6. The summed E-state index contributed by atoms with van der Waals surface area (Å²) in [5.74, 6) is -0.581. The molecular weight excluding hydrogens is 478 g/mol. The van der Waals surface area contributed by atoms with E-state index in [0.717, 1.165) is 10.7 Å². The highest BCUT2D eigenvalue weighted by molar-refractivity contribution is 6.34. The Hall–Kier alpha value is -3.49. The van der Waals surface area contributed by atoms with E-state index in [1.54, 1.807) is 24.3 Å². The van der Waals surface area contributed by atoms with Gasteiger partial charge in [0.2, 0.25) is 0 Å². The molecule has 1 heterocycles. The molecule has 4 rings (SSSR count). The number of halogens is 5. The van der Waals surface area contributed by atoms with Gasteiger partial charge in [-0.3, -0.25) is 4.79 Å². The first-order valence-electron chi connectivity index (χ1n) is 9.46. The lowest BCUT2D eigenvalue weighted by Crippen LogP contribution is -2.12. The van der Waals surface area contributed by atoms with Crippen molar-refractivity contribution in [3.05, 3.63) is 94.1 Å². The zero-order valence-electron chi connectivity index (χ0n) is 16.6. The molecule has 0 radical (unpaired) electrons. The Morgan fingerprint density at radius 1 is 0.970 bits per heavy atom. The Morgan fingerprint density at radius 3 is 2.33 bits per heavy atom. The molecule has 10 heteroatoms. The fraction of sp³-hybridized carbons (Fsp3) is 0.0435. The van der Waals surface area contributed by atoms with Gasteiger partial charge in [-0.05, 0) is 42.5 Å². The summed E-state index contributed by atoms with van der Waals surface area (Å²) in [6.45, 7) is 0. The number of aromatic hydroxyl groups is 1. The lowest BCUT2D eigenvalue weighted by atomic mass is 10.1. The highest BCUT2D eigenvalue weighted by atomic mass is 35.5. The standard InChI is InChI=1S/C23H14Cl2F3N3O2.H2/c24-16-10-9-15(32)11-18(16)29-22(33)14-7-5-13(6-8-14)20-12-21(23(26,27)28)30-31(20)19-4-2-1-3-17(19)25;/h1-12,32H,(H,29,33);1H. The van der Waals surface area contributed by atoms with Crippen molar-refractivity contribution in [3.8, 4) is 22.7 Å². The second-order valence-electron chi connectivity index (χ2n) is 6.97. The minimum atomic E-state index is -4.65. The highest BCUT2D eigenvalue weighted by Crippen LogP contribution is 2.35. The zero-order valence-corrected chi connectivity index (χ0v) is 18.1. The second-order valence-corrected chi connectivity index (χ2v) is 7.79. The monoisotopic (exact) mass is 493 g/mol. The summed E-state index contributed by atoms with van der Waals surface area (Å²) >= 11 is 12.2. The van der Waals surface area contributed by atoms with E-state index in [0.29, 0.717) is 5.56 Å². The smallest absolute Gasteiger partial charge is 0.435 e. The molecule has 1 aromatic heterocycles. The number of aromatic nitrogens is 2. The van der Waals surface area contributed by atoms with E-state index in [2.05, 4.69) is 10.4 Å². The van der Waals surface area contributed by atoms with E-state index < -0.39 is 17.8 Å². The summed E-state index contributed by atoms with van der Waals surface area (Å²) in [4.78, 5) is 12.6. The number of benzene rings is 3. The Labute approximate surface area is 197 Å². The maximum atomic E-state index is 13.4. The molecule has 33 heavy (non-hydrogen) atoms. The van der Waals surface area contributed by atoms with Crippen LogP contribution in [0.25, 0.3) is 16.9 Å². The second kappa shape index (κ2) is 8.80. The van der Waals surface area contributed by atoms with Crippen molar-refractivity contribution in [2.45, 2.75) is 6.18 Å². The van der Waals surface area contributed by atoms with Crippen LogP contribution >= 0.6 is 23.2 Å². The van der Waals surface area contributed by atoms with Crippen LogP contribution in [0.4, 0.5) is 18.9 Å². The first kappa shape index (κ1) is 22.7. The van der Waals surface area contributed by atoms with E-state index >= 15 is 0 Å². The van der Waals surface area contributed by atoms with Crippen LogP contribution in [-0.4, -0.2) is 20.8 Å². The molecule has 1 amide bonds. The molecule has 2 N–H and O–H groups in total. The number of hydrogen-bond donors (Lipinski definition) is 2. The minimum Gasteiger partial charge on any atom is -0.508 e. The number of carbonyl (C=O) groups is 1. The Bertz CT molecular complexity index is 1340. The average molecular weight is 494 g/mol. The summed E-state index contributed by atoms with van der Waals surface area (Å²) in [6.07, 6.45) is -4.65. The number of nitrogens with zero attached hydrogens (tertiary/aromatic N) is 2. The van der Waals surface area contributed by atoms with Gasteiger partial charge < -0.3 is 10.4 Å². The van der Waals surface area contributed by atoms with Crippen molar-refractivity contribution < 1.29 is 24.5 Å². The number of carbonyl (C=O) groups excluding carboxylic acids is 1. The molecule has 0 bridgehead atoms. The number of alkyl halides is 3. The number of phenolic OH excluding ortho intramolecular Hbond substituents is 1. The maximum absolute atomic E-state index is 13.4. The van der Waals surface area contributed by atoms with Crippen molar-refractivity contribution in [1.29, 1.82) is 0 Å². The zero-order chi connectivity index (χ0) is 23.8. The molecule has 0 fully saturated rings. The van der Waals surface area contributed by atoms with E-state index in [1.165, 1.54) is 42.5 Å². The topological polar surface area (TPSA) is 67.2 Å². The number of phenols is 1. The van der Waals surface area contributed by atoms with Crippen LogP contribution in [0.5, 0.6) is 5.75 Å². The Balaban J connectivity index is 0.00000324. The van der Waals surface area contributed by atoms with Crippen LogP contribution in [-0.2, 0) is 6.18 Å². The van der Waals surface area contributed by atoms with Crippen LogP contribution in [0.2, 0.25) is 10.0 Å². The molecule has 0 atom stereocenters. The molecule has 3 aromatic carbocycles. The number of nitrogens with one attached hydrogen (secondary N) is 1. The van der Waals surface area contributed by atoms with Gasteiger partial charge in [0.05, 0.1) is 27.1 Å². The molecule has 0 spiro atoms. The predicted octanol–water partition coefficient (Wildman–Crippen LogP) is 7.07. The maximum Gasteiger partial charge on any atom is 0.435 e. The van der Waals surface area contributed by atoms with Crippen molar-refractivity contribution in [3.63, 3.8) is 0 Å². The van der Waals surface area contributed by atoms with E-state index in [4.69, 9.17) is 23.2 Å². The third-order valence-electron chi connectivity index (χ3n) is 4.72. The van der Waals surface area contributed by atoms with Gasteiger partial charge in [-0.2, -0.15) is 18.3 Å². The number of hydrogen-bond acceptors (Lipinski definition) is 3. The molecule has 0 aliphatic carbocycles. The number of anilines is 1. The van der Waals surface area contributed by atoms with Crippen LogP contribution in [0, 0.1) is 0 Å². The molecule has 0 aliphatic rings. The fourth-order valence-corrected chi connectivity index (χ4v) is 3.51. The largest absolute Gasteiger partial charge is 0.508 e. The SMILES string of the molecule is O=C(Nc1cc(O)ccc1Cl)c1ccc(-c2cc(C(F)(F)F)nn2-c2ccccc2Cl)cc1.[HH]. The van der Waals surface area contributed by atoms with Crippen LogP contribution < -0.4 is 5.32 Å². The van der Waals surface area contributed by atoms with Gasteiger partial charge in [0, 0.05) is 18.6 Å². The van der Waals surface area contributed by atoms with Gasteiger partial charge in [-0.15, -0.1) is 0 Å². The van der Waals surface area contributed by atoms with Gasteiger partial charge in [-0.25, -0.2) is 4.68 Å². The van der Waals surface area contributed by atoms with Crippen molar-refractivity contribution >= 4 is 34.8 Å². The summed E-state index contributed by atoms with van der Waals surface area (Å²) in [7, 11) is 0. The van der Waals surface area contributed by atoms with Gasteiger partial charge in [0.25, 0.3) is 5.91 Å². The molecule has 0 unspecified atom stereocenters. The highest BCUT2D eigenvalue weighted by Gasteiger charge is 2.35. The van der Waals surface area contributed by atoms with E-state index in [9.17, 15) is 23.1 Å². The fourth-order valence-electron chi connectivity index (χ4n) is 3.13. The summed E-state index contributed by atoms with van der Waals surface area (Å²) in [6, 6.07) is 17.4. The quantitative estimate of drug-likeness (QED) is 0.319. The van der Waals surface area contributed by atoms with E-state index in [1.807, 2.05) is 0 Å². The van der Waals surface area contributed by atoms with Gasteiger partial charge >= 0.3 is 6.18 Å². The Kier molecular flexibility index (Phi) is 6.05. The molecule has 170 valence electrons. The predicted molar refractivity (Wildman–Crippen MR) is 122 cm³/mol. The summed E-state index contributed by atoms with van der Waals surface area (Å²) in [5.41, 5.74) is 0.210. The summed E-state index contributed by atoms with van der Waals surface area (Å²) < 4.78 is 41.2. The molecule has 5 nitrogen and oxygen atoms in total. The lowest BCUT2D eigenvalue weighted by Gasteiger charge is -2.11. The third-order valence-corrected chi connectivity index (χ3v) is 5.37.